The highest BCUT2D eigenvalue weighted by Gasteiger charge is 2.26. The lowest BCUT2D eigenvalue weighted by atomic mass is 9.96. The fourth-order valence-corrected chi connectivity index (χ4v) is 3.81. The van der Waals surface area contributed by atoms with E-state index in [4.69, 9.17) is 16.3 Å². The maximum atomic E-state index is 12.9. The Morgan fingerprint density at radius 1 is 1.24 bits per heavy atom. The maximum Gasteiger partial charge on any atom is 0.338 e. The van der Waals surface area contributed by atoms with E-state index in [1.54, 1.807) is 19.1 Å². The highest BCUT2D eigenvalue weighted by Crippen LogP contribution is 2.24. The van der Waals surface area contributed by atoms with E-state index in [2.05, 4.69) is 10.2 Å². The lowest BCUT2D eigenvalue weighted by molar-refractivity contribution is -0.121. The Labute approximate surface area is 177 Å². The Balaban J connectivity index is 1.65. The number of anilines is 1. The third kappa shape index (κ3) is 5.58. The van der Waals surface area contributed by atoms with E-state index in [0.717, 1.165) is 42.1 Å². The van der Waals surface area contributed by atoms with Crippen molar-refractivity contribution in [3.63, 3.8) is 0 Å². The number of carbonyl (C=O) groups excluding carboxylic acids is 2. The van der Waals surface area contributed by atoms with Crippen LogP contribution in [0.1, 0.15) is 41.3 Å². The predicted molar refractivity (Wildman–Crippen MR) is 115 cm³/mol. The van der Waals surface area contributed by atoms with Crippen LogP contribution in [0.5, 0.6) is 0 Å². The van der Waals surface area contributed by atoms with Crippen molar-refractivity contribution in [2.24, 2.45) is 5.92 Å². The fourth-order valence-electron chi connectivity index (χ4n) is 3.61. The number of likely N-dealkylation sites (tertiary alicyclic amines) is 1. The molecule has 1 aliphatic heterocycles. The van der Waals surface area contributed by atoms with Crippen molar-refractivity contribution in [2.75, 3.05) is 25.0 Å². The molecule has 2 aromatic rings. The van der Waals surface area contributed by atoms with Crippen LogP contribution in [0.25, 0.3) is 0 Å². The van der Waals surface area contributed by atoms with Crippen LogP contribution >= 0.6 is 11.6 Å². The summed E-state index contributed by atoms with van der Waals surface area (Å²) in [6.07, 6.45) is 1.81. The van der Waals surface area contributed by atoms with Crippen LogP contribution in [0.3, 0.4) is 0 Å². The lowest BCUT2D eigenvalue weighted by Gasteiger charge is -2.32. The topological polar surface area (TPSA) is 58.6 Å². The molecule has 1 fully saturated rings. The molecule has 0 bridgehead atoms. The van der Waals surface area contributed by atoms with E-state index in [0.29, 0.717) is 24.4 Å². The second kappa shape index (κ2) is 9.90. The molecule has 3 rings (SSSR count). The number of rotatable bonds is 6. The Hall–Kier alpha value is -2.37. The zero-order valence-corrected chi connectivity index (χ0v) is 17.7. The monoisotopic (exact) mass is 414 g/mol. The van der Waals surface area contributed by atoms with Gasteiger partial charge in [0.05, 0.1) is 18.1 Å². The molecule has 0 radical (unpaired) electrons. The molecule has 0 aliphatic carbocycles. The molecule has 0 aromatic heterocycles. The summed E-state index contributed by atoms with van der Waals surface area (Å²) in [5.74, 6) is -0.499. The van der Waals surface area contributed by atoms with Gasteiger partial charge >= 0.3 is 5.97 Å². The maximum absolute atomic E-state index is 12.9. The number of nitrogens with one attached hydrogen (secondary N) is 1. The van der Waals surface area contributed by atoms with Crippen molar-refractivity contribution in [1.29, 1.82) is 0 Å². The Kier molecular flexibility index (Phi) is 7.29. The number of carbonyl (C=O) groups is 2. The molecule has 6 heteroatoms. The average Bonchev–Trinajstić information content (AvgIpc) is 2.71. The van der Waals surface area contributed by atoms with Gasteiger partial charge in [0.1, 0.15) is 0 Å². The molecule has 1 atom stereocenters. The SMILES string of the molecule is CCOC(=O)c1ccc(C)c(NC(=O)C2CCCN(Cc3ccccc3Cl)C2)c1. The number of piperidine rings is 1. The van der Waals surface area contributed by atoms with E-state index in [9.17, 15) is 9.59 Å². The lowest BCUT2D eigenvalue weighted by Crippen LogP contribution is -2.40. The predicted octanol–water partition coefficient (Wildman–Crippen LogP) is 4.68. The Morgan fingerprint density at radius 3 is 2.79 bits per heavy atom. The van der Waals surface area contributed by atoms with Crippen LogP contribution < -0.4 is 5.32 Å². The van der Waals surface area contributed by atoms with Crippen molar-refractivity contribution in [3.05, 3.63) is 64.2 Å². The van der Waals surface area contributed by atoms with E-state index < -0.39 is 0 Å². The summed E-state index contributed by atoms with van der Waals surface area (Å²) >= 11 is 6.29. The summed E-state index contributed by atoms with van der Waals surface area (Å²) in [7, 11) is 0. The highest BCUT2D eigenvalue weighted by atomic mass is 35.5. The molecule has 1 N–H and O–H groups in total. The van der Waals surface area contributed by atoms with Crippen molar-refractivity contribution in [3.8, 4) is 0 Å². The van der Waals surface area contributed by atoms with E-state index in [-0.39, 0.29) is 17.8 Å². The Bertz CT molecular complexity index is 884. The number of nitrogens with zero attached hydrogens (tertiary/aromatic N) is 1. The number of ether oxygens (including phenoxy) is 1. The molecular weight excluding hydrogens is 388 g/mol. The van der Waals surface area contributed by atoms with Crippen LogP contribution in [0.2, 0.25) is 5.02 Å². The summed E-state index contributed by atoms with van der Waals surface area (Å²) in [5, 5.41) is 3.77. The van der Waals surface area contributed by atoms with Crippen LogP contribution in [-0.4, -0.2) is 36.5 Å². The molecule has 1 unspecified atom stereocenters. The first kappa shape index (κ1) is 21.3. The van der Waals surface area contributed by atoms with Gasteiger partial charge in [-0.2, -0.15) is 0 Å². The van der Waals surface area contributed by atoms with Gasteiger partial charge in [-0.3, -0.25) is 9.69 Å². The summed E-state index contributed by atoms with van der Waals surface area (Å²) in [6.45, 7) is 6.37. The van der Waals surface area contributed by atoms with Crippen molar-refractivity contribution in [1.82, 2.24) is 4.90 Å². The fraction of sp³-hybridized carbons (Fsp3) is 0.391. The first-order valence-electron chi connectivity index (χ1n) is 10.0. The normalized spacial score (nSPS) is 17.0. The van der Waals surface area contributed by atoms with Crippen molar-refractivity contribution >= 4 is 29.2 Å². The molecule has 0 spiro atoms. The number of amides is 1. The first-order chi connectivity index (χ1) is 14.0. The molecule has 2 aromatic carbocycles. The van der Waals surface area contributed by atoms with E-state index in [1.165, 1.54) is 0 Å². The van der Waals surface area contributed by atoms with Gasteiger partial charge in [-0.1, -0.05) is 35.9 Å². The quantitative estimate of drug-likeness (QED) is 0.697. The summed E-state index contributed by atoms with van der Waals surface area (Å²) < 4.78 is 5.06. The number of aryl methyl sites for hydroxylation is 1. The molecule has 1 heterocycles. The summed E-state index contributed by atoms with van der Waals surface area (Å²) in [6, 6.07) is 13.1. The Morgan fingerprint density at radius 2 is 2.03 bits per heavy atom. The molecule has 1 aliphatic rings. The van der Waals surface area contributed by atoms with Gasteiger partial charge in [0, 0.05) is 23.8 Å². The number of esters is 1. The second-order valence-electron chi connectivity index (χ2n) is 7.41. The van der Waals surface area contributed by atoms with Gasteiger partial charge in [0.25, 0.3) is 0 Å². The third-order valence-corrected chi connectivity index (χ3v) is 5.60. The summed E-state index contributed by atoms with van der Waals surface area (Å²) in [4.78, 5) is 27.2. The molecule has 5 nitrogen and oxygen atoms in total. The van der Waals surface area contributed by atoms with Crippen molar-refractivity contribution < 1.29 is 14.3 Å². The molecule has 0 saturated carbocycles. The number of benzene rings is 2. The van der Waals surface area contributed by atoms with Gasteiger partial charge in [0.15, 0.2) is 0 Å². The van der Waals surface area contributed by atoms with E-state index >= 15 is 0 Å². The number of hydrogen-bond acceptors (Lipinski definition) is 4. The molecule has 29 heavy (non-hydrogen) atoms. The standard InChI is InChI=1S/C23H27ClN2O3/c1-3-29-23(28)17-11-10-16(2)21(13-17)25-22(27)19-8-6-12-26(15-19)14-18-7-4-5-9-20(18)24/h4-5,7,9-11,13,19H,3,6,8,12,14-15H2,1-2H3,(H,25,27). The minimum Gasteiger partial charge on any atom is -0.462 e. The zero-order valence-electron chi connectivity index (χ0n) is 16.9. The smallest absolute Gasteiger partial charge is 0.338 e. The second-order valence-corrected chi connectivity index (χ2v) is 7.81. The van der Waals surface area contributed by atoms with Crippen LogP contribution in [-0.2, 0) is 16.1 Å². The van der Waals surface area contributed by atoms with Gasteiger partial charge in [-0.25, -0.2) is 4.79 Å². The van der Waals surface area contributed by atoms with E-state index in [1.807, 2.05) is 37.3 Å². The molecule has 1 amide bonds. The highest BCUT2D eigenvalue weighted by molar-refractivity contribution is 6.31. The van der Waals surface area contributed by atoms with Gasteiger partial charge in [-0.05, 0) is 62.6 Å². The first-order valence-corrected chi connectivity index (χ1v) is 10.4. The molecule has 154 valence electrons. The minimum absolute atomic E-state index is 0.0158. The summed E-state index contributed by atoms with van der Waals surface area (Å²) in [5.41, 5.74) is 3.09. The van der Waals surface area contributed by atoms with Crippen LogP contribution in [0.15, 0.2) is 42.5 Å². The number of halogens is 1. The van der Waals surface area contributed by atoms with Gasteiger partial charge in [0.2, 0.25) is 5.91 Å². The minimum atomic E-state index is -0.383. The molecular formula is C23H27ClN2O3. The number of hydrogen-bond donors (Lipinski definition) is 1. The molecule has 1 saturated heterocycles. The zero-order chi connectivity index (χ0) is 20.8. The van der Waals surface area contributed by atoms with Gasteiger partial charge < -0.3 is 10.1 Å². The largest absolute Gasteiger partial charge is 0.462 e. The van der Waals surface area contributed by atoms with Gasteiger partial charge in [-0.15, -0.1) is 0 Å². The van der Waals surface area contributed by atoms with Crippen LogP contribution in [0, 0.1) is 12.8 Å². The van der Waals surface area contributed by atoms with Crippen molar-refractivity contribution in [2.45, 2.75) is 33.2 Å². The average molecular weight is 415 g/mol. The third-order valence-electron chi connectivity index (χ3n) is 5.23. The van der Waals surface area contributed by atoms with Crippen LogP contribution in [0.4, 0.5) is 5.69 Å².